The number of halogens is 1. The molecule has 2 N–H and O–H groups in total. The molecule has 5 rings (SSSR count). The van der Waals surface area contributed by atoms with Gasteiger partial charge < -0.3 is 19.7 Å². The zero-order valence-electron chi connectivity index (χ0n) is 21.2. The number of ether oxygens (including phenoxy) is 2. The molecular formula is C27H29FN2O8S. The Hall–Kier alpha value is -3.48. The average molecular weight is 561 g/mol. The van der Waals surface area contributed by atoms with E-state index < -0.39 is 44.0 Å². The van der Waals surface area contributed by atoms with E-state index in [1.807, 2.05) is 0 Å². The molecule has 208 valence electrons. The van der Waals surface area contributed by atoms with Crippen molar-refractivity contribution in [2.24, 2.45) is 11.8 Å². The summed E-state index contributed by atoms with van der Waals surface area (Å²) in [4.78, 5) is 27.0. The molecule has 10 nitrogen and oxygen atoms in total. The molecule has 0 spiro atoms. The molecule has 2 aromatic carbocycles. The molecule has 1 aliphatic carbocycles. The highest BCUT2D eigenvalue weighted by molar-refractivity contribution is 7.93. The van der Waals surface area contributed by atoms with Crippen molar-refractivity contribution < 1.29 is 42.1 Å². The number of aliphatic hydroxyl groups is 1. The van der Waals surface area contributed by atoms with Crippen molar-refractivity contribution >= 4 is 33.8 Å². The van der Waals surface area contributed by atoms with Gasteiger partial charge in [-0.2, -0.15) is 4.31 Å². The van der Waals surface area contributed by atoms with Crippen molar-refractivity contribution in [2.75, 3.05) is 44.3 Å². The van der Waals surface area contributed by atoms with Gasteiger partial charge in [-0.15, -0.1) is 0 Å². The number of methoxy groups -OCH3 is 1. The standard InChI is InChI=1S/C27H29FN2O8S/c1-37-27(34)30(22-6-5-20-21-12-18(21)15-38-25(20)24(22)26(32)33)39(35,36)23-7-4-19(28)11-17(23)3-2-9-29-10-8-16(13-29)14-31/h2-7,11,16,18,21,31H,8-10,12-15H2,1H3,(H,32,33)/t16-,18+,21+/m1/s1. The van der Waals surface area contributed by atoms with Crippen molar-refractivity contribution in [3.8, 4) is 5.75 Å². The van der Waals surface area contributed by atoms with Crippen LogP contribution in [0, 0.1) is 17.7 Å². The molecule has 2 aromatic rings. The zero-order valence-corrected chi connectivity index (χ0v) is 22.1. The van der Waals surface area contributed by atoms with Gasteiger partial charge in [0.25, 0.3) is 10.0 Å². The molecule has 1 amide bonds. The van der Waals surface area contributed by atoms with Crippen LogP contribution in [0.2, 0.25) is 0 Å². The first-order valence-electron chi connectivity index (χ1n) is 12.6. The second-order valence-corrected chi connectivity index (χ2v) is 11.8. The summed E-state index contributed by atoms with van der Waals surface area (Å²) in [7, 11) is -3.80. The first-order chi connectivity index (χ1) is 18.6. The Balaban J connectivity index is 1.55. The lowest BCUT2D eigenvalue weighted by atomic mass is 10.00. The van der Waals surface area contributed by atoms with E-state index in [2.05, 4.69) is 4.90 Å². The molecule has 39 heavy (non-hydrogen) atoms. The van der Waals surface area contributed by atoms with Gasteiger partial charge >= 0.3 is 12.1 Å². The number of carboxylic acid groups (broad SMARTS) is 1. The molecule has 0 bridgehead atoms. The average Bonchev–Trinajstić information content (AvgIpc) is 3.57. The minimum atomic E-state index is -4.79. The molecule has 1 saturated heterocycles. The Kier molecular flexibility index (Phi) is 7.36. The molecule has 3 aliphatic rings. The first kappa shape index (κ1) is 27.1. The Labute approximate surface area is 225 Å². The van der Waals surface area contributed by atoms with Gasteiger partial charge in [0.05, 0.1) is 24.3 Å². The summed E-state index contributed by atoms with van der Waals surface area (Å²) in [5.74, 6) is -1.53. The fraction of sp³-hybridized carbons (Fsp3) is 0.407. The third-order valence-electron chi connectivity index (χ3n) is 7.48. The number of sulfonamides is 1. The van der Waals surface area contributed by atoms with Gasteiger partial charge in [0.1, 0.15) is 17.1 Å². The van der Waals surface area contributed by atoms with Crippen LogP contribution in [0.1, 0.15) is 40.2 Å². The predicted molar refractivity (Wildman–Crippen MR) is 139 cm³/mol. The second kappa shape index (κ2) is 10.6. The number of anilines is 1. The lowest BCUT2D eigenvalue weighted by Crippen LogP contribution is -2.38. The van der Waals surface area contributed by atoms with Gasteiger partial charge in [-0.25, -0.2) is 22.4 Å². The van der Waals surface area contributed by atoms with Crippen LogP contribution in [0.5, 0.6) is 5.75 Å². The third-order valence-corrected chi connectivity index (χ3v) is 9.24. The van der Waals surface area contributed by atoms with E-state index in [0.29, 0.717) is 25.3 Å². The van der Waals surface area contributed by atoms with Gasteiger partial charge in [-0.1, -0.05) is 18.2 Å². The van der Waals surface area contributed by atoms with Crippen LogP contribution < -0.4 is 9.04 Å². The van der Waals surface area contributed by atoms with Crippen LogP contribution in [0.3, 0.4) is 0 Å². The molecule has 2 fully saturated rings. The van der Waals surface area contributed by atoms with Crippen LogP contribution in [0.4, 0.5) is 14.9 Å². The van der Waals surface area contributed by atoms with Gasteiger partial charge in [0, 0.05) is 25.6 Å². The monoisotopic (exact) mass is 560 g/mol. The summed E-state index contributed by atoms with van der Waals surface area (Å²) >= 11 is 0. The van der Waals surface area contributed by atoms with Crippen LogP contribution in [0.25, 0.3) is 6.08 Å². The summed E-state index contributed by atoms with van der Waals surface area (Å²) < 4.78 is 53.0. The smallest absolute Gasteiger partial charge is 0.428 e. The number of likely N-dealkylation sites (tertiary alicyclic amines) is 1. The van der Waals surface area contributed by atoms with E-state index in [0.717, 1.165) is 44.7 Å². The molecule has 2 aliphatic heterocycles. The van der Waals surface area contributed by atoms with Crippen molar-refractivity contribution in [1.82, 2.24) is 4.90 Å². The summed E-state index contributed by atoms with van der Waals surface area (Å²) in [6.07, 6.45) is 3.48. The lowest BCUT2D eigenvalue weighted by molar-refractivity contribution is 0.0692. The minimum Gasteiger partial charge on any atom is -0.492 e. The topological polar surface area (TPSA) is 134 Å². The van der Waals surface area contributed by atoms with E-state index in [4.69, 9.17) is 9.47 Å². The number of nitrogens with zero attached hydrogens (tertiary/aromatic N) is 2. The number of carboxylic acids is 1. The molecule has 3 atom stereocenters. The quantitative estimate of drug-likeness (QED) is 0.499. The SMILES string of the molecule is COC(=O)N(c1ccc2c(c1C(=O)O)OC[C@@H]1C[C@H]21)S(=O)(=O)c1ccc(F)cc1C=CCN1CC[C@@H](CO)C1. The number of hydrogen-bond acceptors (Lipinski definition) is 8. The highest BCUT2D eigenvalue weighted by Gasteiger charge is 2.47. The maximum absolute atomic E-state index is 14.2. The first-order valence-corrected chi connectivity index (χ1v) is 14.0. The Bertz CT molecular complexity index is 1440. The molecule has 1 saturated carbocycles. The highest BCUT2D eigenvalue weighted by atomic mass is 32.2. The summed E-state index contributed by atoms with van der Waals surface area (Å²) in [5.41, 5.74) is -0.254. The van der Waals surface area contributed by atoms with Crippen molar-refractivity contribution in [3.63, 3.8) is 0 Å². The number of hydrogen-bond donors (Lipinski definition) is 2. The molecule has 12 heteroatoms. The van der Waals surface area contributed by atoms with Gasteiger partial charge in [-0.05, 0) is 66.6 Å². The van der Waals surface area contributed by atoms with E-state index in [1.165, 1.54) is 12.1 Å². The van der Waals surface area contributed by atoms with Gasteiger partial charge in [-0.3, -0.25) is 4.90 Å². The fourth-order valence-electron chi connectivity index (χ4n) is 5.36. The molecular weight excluding hydrogens is 531 g/mol. The molecule has 0 unspecified atom stereocenters. The third kappa shape index (κ3) is 5.11. The van der Waals surface area contributed by atoms with Crippen LogP contribution >= 0.6 is 0 Å². The van der Waals surface area contributed by atoms with Crippen molar-refractivity contribution in [3.05, 3.63) is 58.9 Å². The number of benzene rings is 2. The van der Waals surface area contributed by atoms with Crippen LogP contribution in [0.15, 0.2) is 41.3 Å². The number of aliphatic hydroxyl groups excluding tert-OH is 1. The number of fused-ring (bicyclic) bond motifs is 3. The van der Waals surface area contributed by atoms with Crippen LogP contribution in [-0.4, -0.2) is 75.6 Å². The van der Waals surface area contributed by atoms with E-state index >= 15 is 0 Å². The van der Waals surface area contributed by atoms with Gasteiger partial charge in [0.2, 0.25) is 0 Å². The normalized spacial score (nSPS) is 22.2. The second-order valence-electron chi connectivity index (χ2n) is 10.0. The summed E-state index contributed by atoms with van der Waals surface area (Å²) in [6, 6.07) is 5.86. The van der Waals surface area contributed by atoms with Crippen molar-refractivity contribution in [2.45, 2.75) is 23.7 Å². The molecule has 0 aromatic heterocycles. The number of carbonyl (C=O) groups is 2. The Morgan fingerprint density at radius 2 is 2.08 bits per heavy atom. The Morgan fingerprint density at radius 1 is 1.28 bits per heavy atom. The summed E-state index contributed by atoms with van der Waals surface area (Å²) in [6.45, 7) is 2.28. The van der Waals surface area contributed by atoms with E-state index in [-0.39, 0.29) is 40.0 Å². The Morgan fingerprint density at radius 3 is 2.77 bits per heavy atom. The fourth-order valence-corrected chi connectivity index (χ4v) is 6.91. The maximum atomic E-state index is 14.2. The minimum absolute atomic E-state index is 0.0197. The largest absolute Gasteiger partial charge is 0.492 e. The summed E-state index contributed by atoms with van der Waals surface area (Å²) in [5, 5.41) is 19.4. The maximum Gasteiger partial charge on any atom is 0.428 e. The number of amides is 1. The molecule has 2 heterocycles. The number of rotatable bonds is 8. The predicted octanol–water partition coefficient (Wildman–Crippen LogP) is 3.31. The molecule has 0 radical (unpaired) electrons. The van der Waals surface area contributed by atoms with Crippen LogP contribution in [-0.2, 0) is 14.8 Å². The highest BCUT2D eigenvalue weighted by Crippen LogP contribution is 2.55. The number of aromatic carboxylic acids is 1. The van der Waals surface area contributed by atoms with Crippen molar-refractivity contribution in [1.29, 1.82) is 0 Å². The van der Waals surface area contributed by atoms with Gasteiger partial charge in [0.15, 0.2) is 0 Å². The number of carbonyl (C=O) groups excluding carboxylic acids is 1. The van der Waals surface area contributed by atoms with E-state index in [1.54, 1.807) is 12.1 Å². The van der Waals surface area contributed by atoms with E-state index in [9.17, 15) is 32.6 Å². The zero-order chi connectivity index (χ0) is 27.9. The lowest BCUT2D eigenvalue weighted by Gasteiger charge is -2.26.